The summed E-state index contributed by atoms with van der Waals surface area (Å²) in [5.41, 5.74) is 5.73. The Kier molecular flexibility index (Phi) is 3.52. The molecule has 1 N–H and O–H groups in total. The van der Waals surface area contributed by atoms with Gasteiger partial charge in [0.05, 0.1) is 12.1 Å². The summed E-state index contributed by atoms with van der Waals surface area (Å²) >= 11 is 0. The van der Waals surface area contributed by atoms with Crippen molar-refractivity contribution in [2.75, 3.05) is 0 Å². The fourth-order valence-corrected chi connectivity index (χ4v) is 2.81. The summed E-state index contributed by atoms with van der Waals surface area (Å²) in [6.07, 6.45) is 0.896. The standard InChI is InChI=1S/C17H18N2O/c1-13(20)19-17(15-10-6-3-7-11-15)12-16(18-19)14-8-4-2-5-9-14/h2-11,16-18H,12H2,1H3/t16-,17+/m1/s1. The second kappa shape index (κ2) is 5.47. The first kappa shape index (κ1) is 12.9. The molecule has 1 aliphatic rings. The largest absolute Gasteiger partial charge is 0.274 e. The maximum Gasteiger partial charge on any atom is 0.234 e. The monoisotopic (exact) mass is 266 g/mol. The molecule has 2 aromatic rings. The van der Waals surface area contributed by atoms with E-state index in [1.165, 1.54) is 11.1 Å². The van der Waals surface area contributed by atoms with Crippen LogP contribution < -0.4 is 5.43 Å². The van der Waals surface area contributed by atoms with E-state index < -0.39 is 0 Å². The van der Waals surface area contributed by atoms with Crippen LogP contribution in [0, 0.1) is 0 Å². The molecule has 0 radical (unpaired) electrons. The number of rotatable bonds is 2. The van der Waals surface area contributed by atoms with Crippen LogP contribution in [0.2, 0.25) is 0 Å². The molecule has 1 fully saturated rings. The first-order valence-electron chi connectivity index (χ1n) is 6.91. The van der Waals surface area contributed by atoms with Crippen LogP contribution in [-0.2, 0) is 4.79 Å². The molecule has 0 unspecified atom stereocenters. The van der Waals surface area contributed by atoms with E-state index in [1.54, 1.807) is 11.9 Å². The molecule has 1 aliphatic heterocycles. The van der Waals surface area contributed by atoms with Crippen molar-refractivity contribution in [3.05, 3.63) is 71.8 Å². The van der Waals surface area contributed by atoms with Crippen molar-refractivity contribution in [3.8, 4) is 0 Å². The van der Waals surface area contributed by atoms with Crippen molar-refractivity contribution in [3.63, 3.8) is 0 Å². The normalized spacial score (nSPS) is 21.9. The second-order valence-corrected chi connectivity index (χ2v) is 5.14. The molecule has 1 heterocycles. The number of carbonyl (C=O) groups is 1. The Morgan fingerprint density at radius 1 is 1.00 bits per heavy atom. The molecule has 3 rings (SSSR count). The van der Waals surface area contributed by atoms with Gasteiger partial charge in [-0.15, -0.1) is 0 Å². The first-order chi connectivity index (χ1) is 9.75. The molecule has 102 valence electrons. The third-order valence-corrected chi connectivity index (χ3v) is 3.79. The van der Waals surface area contributed by atoms with Gasteiger partial charge in [0.2, 0.25) is 5.91 Å². The minimum Gasteiger partial charge on any atom is -0.274 e. The average Bonchev–Trinajstić information content (AvgIpc) is 2.94. The van der Waals surface area contributed by atoms with E-state index in [4.69, 9.17) is 0 Å². The summed E-state index contributed by atoms with van der Waals surface area (Å²) in [4.78, 5) is 11.9. The summed E-state index contributed by atoms with van der Waals surface area (Å²) < 4.78 is 0. The molecule has 0 aliphatic carbocycles. The van der Waals surface area contributed by atoms with Crippen molar-refractivity contribution in [1.82, 2.24) is 10.4 Å². The number of nitrogens with zero attached hydrogens (tertiary/aromatic N) is 1. The van der Waals surface area contributed by atoms with Crippen LogP contribution in [-0.4, -0.2) is 10.9 Å². The van der Waals surface area contributed by atoms with Gasteiger partial charge in [-0.1, -0.05) is 60.7 Å². The van der Waals surface area contributed by atoms with Crippen LogP contribution in [0.4, 0.5) is 0 Å². The minimum absolute atomic E-state index is 0.0530. The zero-order valence-electron chi connectivity index (χ0n) is 11.5. The van der Waals surface area contributed by atoms with Gasteiger partial charge in [0.25, 0.3) is 0 Å². The van der Waals surface area contributed by atoms with E-state index in [9.17, 15) is 4.79 Å². The lowest BCUT2D eigenvalue weighted by Gasteiger charge is -2.23. The molecule has 3 nitrogen and oxygen atoms in total. The zero-order chi connectivity index (χ0) is 13.9. The summed E-state index contributed by atoms with van der Waals surface area (Å²) in [6.45, 7) is 1.61. The highest BCUT2D eigenvalue weighted by atomic mass is 16.2. The second-order valence-electron chi connectivity index (χ2n) is 5.14. The number of hydrazine groups is 1. The molecule has 0 aromatic heterocycles. The highest BCUT2D eigenvalue weighted by molar-refractivity contribution is 5.73. The highest BCUT2D eigenvalue weighted by Gasteiger charge is 2.34. The molecule has 1 saturated heterocycles. The van der Waals surface area contributed by atoms with Gasteiger partial charge in [0.1, 0.15) is 0 Å². The van der Waals surface area contributed by atoms with Gasteiger partial charge in [0, 0.05) is 6.92 Å². The van der Waals surface area contributed by atoms with Crippen LogP contribution >= 0.6 is 0 Å². The number of hydrogen-bond acceptors (Lipinski definition) is 2. The molecule has 2 aromatic carbocycles. The van der Waals surface area contributed by atoms with Crippen molar-refractivity contribution >= 4 is 5.91 Å². The molecule has 0 saturated carbocycles. The predicted octanol–water partition coefficient (Wildman–Crippen LogP) is 3.23. The molecule has 1 amide bonds. The van der Waals surface area contributed by atoms with E-state index in [-0.39, 0.29) is 18.0 Å². The number of nitrogens with one attached hydrogen (secondary N) is 1. The van der Waals surface area contributed by atoms with Crippen LogP contribution in [0.5, 0.6) is 0 Å². The number of amides is 1. The summed E-state index contributed by atoms with van der Waals surface area (Å²) in [6, 6.07) is 20.7. The molecule has 0 bridgehead atoms. The van der Waals surface area contributed by atoms with E-state index in [2.05, 4.69) is 29.7 Å². The number of hydrogen-bond donors (Lipinski definition) is 1. The van der Waals surface area contributed by atoms with E-state index in [0.29, 0.717) is 0 Å². The third-order valence-electron chi connectivity index (χ3n) is 3.79. The van der Waals surface area contributed by atoms with Crippen molar-refractivity contribution in [1.29, 1.82) is 0 Å². The van der Waals surface area contributed by atoms with Crippen LogP contribution in [0.3, 0.4) is 0 Å². The fraction of sp³-hybridized carbons (Fsp3) is 0.235. The predicted molar refractivity (Wildman–Crippen MR) is 78.6 cm³/mol. The van der Waals surface area contributed by atoms with Gasteiger partial charge < -0.3 is 0 Å². The van der Waals surface area contributed by atoms with E-state index >= 15 is 0 Å². The van der Waals surface area contributed by atoms with E-state index in [1.807, 2.05) is 36.4 Å². The Bertz CT molecular complexity index is 582. The summed E-state index contributed by atoms with van der Waals surface area (Å²) in [7, 11) is 0. The van der Waals surface area contributed by atoms with Crippen molar-refractivity contribution < 1.29 is 4.79 Å². The molecular weight excluding hydrogens is 248 g/mol. The summed E-state index contributed by atoms with van der Waals surface area (Å²) in [5.74, 6) is 0.0530. The Balaban J connectivity index is 1.89. The van der Waals surface area contributed by atoms with E-state index in [0.717, 1.165) is 6.42 Å². The third kappa shape index (κ3) is 2.45. The molecule has 2 atom stereocenters. The smallest absolute Gasteiger partial charge is 0.234 e. The highest BCUT2D eigenvalue weighted by Crippen LogP contribution is 2.36. The maximum atomic E-state index is 11.9. The number of benzene rings is 2. The Hall–Kier alpha value is -2.13. The molecule has 3 heteroatoms. The SMILES string of the molecule is CC(=O)N1N[C@@H](c2ccccc2)C[C@H]1c1ccccc1. The lowest BCUT2D eigenvalue weighted by Crippen LogP contribution is -2.37. The van der Waals surface area contributed by atoms with Crippen LogP contribution in [0.25, 0.3) is 0 Å². The fourth-order valence-electron chi connectivity index (χ4n) is 2.81. The van der Waals surface area contributed by atoms with Crippen molar-refractivity contribution in [2.45, 2.75) is 25.4 Å². The Morgan fingerprint density at radius 3 is 2.10 bits per heavy atom. The van der Waals surface area contributed by atoms with Gasteiger partial charge in [-0.3, -0.25) is 9.80 Å². The average molecular weight is 266 g/mol. The topological polar surface area (TPSA) is 32.3 Å². The quantitative estimate of drug-likeness (QED) is 0.905. The van der Waals surface area contributed by atoms with Crippen LogP contribution in [0.15, 0.2) is 60.7 Å². The van der Waals surface area contributed by atoms with Gasteiger partial charge in [-0.25, -0.2) is 5.43 Å². The van der Waals surface area contributed by atoms with Crippen molar-refractivity contribution in [2.24, 2.45) is 0 Å². The first-order valence-corrected chi connectivity index (χ1v) is 6.91. The minimum atomic E-state index is 0.0530. The van der Waals surface area contributed by atoms with Gasteiger partial charge in [-0.05, 0) is 17.5 Å². The van der Waals surface area contributed by atoms with Gasteiger partial charge in [0.15, 0.2) is 0 Å². The Labute approximate surface area is 119 Å². The Morgan fingerprint density at radius 2 is 1.55 bits per heavy atom. The maximum absolute atomic E-state index is 11.9. The van der Waals surface area contributed by atoms with Gasteiger partial charge >= 0.3 is 0 Å². The van der Waals surface area contributed by atoms with Gasteiger partial charge in [-0.2, -0.15) is 0 Å². The number of carbonyl (C=O) groups excluding carboxylic acids is 1. The zero-order valence-corrected chi connectivity index (χ0v) is 11.5. The molecular formula is C17H18N2O. The van der Waals surface area contributed by atoms with Crippen LogP contribution in [0.1, 0.15) is 36.6 Å². The lowest BCUT2D eigenvalue weighted by atomic mass is 9.97. The molecule has 20 heavy (non-hydrogen) atoms. The molecule has 0 spiro atoms. The lowest BCUT2D eigenvalue weighted by molar-refractivity contribution is -0.132. The summed E-state index contributed by atoms with van der Waals surface area (Å²) in [5, 5.41) is 1.76.